The Morgan fingerprint density at radius 3 is 2.79 bits per heavy atom. The summed E-state index contributed by atoms with van der Waals surface area (Å²) in [5.41, 5.74) is 8.72. The predicted octanol–water partition coefficient (Wildman–Crippen LogP) is 0.992. The number of aromatic nitrogens is 3. The fourth-order valence-electron chi connectivity index (χ4n) is 3.48. The Labute approximate surface area is 167 Å². The third kappa shape index (κ3) is 4.02. The van der Waals surface area contributed by atoms with Crippen molar-refractivity contribution in [3.63, 3.8) is 0 Å². The Bertz CT molecular complexity index is 1080. The summed E-state index contributed by atoms with van der Waals surface area (Å²) in [6.07, 6.45) is 4.08. The number of pyridine rings is 1. The van der Waals surface area contributed by atoms with Crippen LogP contribution in [0.5, 0.6) is 5.75 Å². The maximum Gasteiger partial charge on any atom is 0.254 e. The van der Waals surface area contributed by atoms with Crippen molar-refractivity contribution >= 4 is 5.91 Å². The van der Waals surface area contributed by atoms with Crippen molar-refractivity contribution in [2.45, 2.75) is 25.4 Å². The van der Waals surface area contributed by atoms with Gasteiger partial charge in [0.15, 0.2) is 0 Å². The van der Waals surface area contributed by atoms with Gasteiger partial charge in [-0.2, -0.15) is 0 Å². The van der Waals surface area contributed by atoms with Crippen LogP contribution in [0.15, 0.2) is 53.6 Å². The second kappa shape index (κ2) is 7.84. The number of aromatic hydroxyl groups is 1. The monoisotopic (exact) mass is 391 g/mol. The van der Waals surface area contributed by atoms with Crippen LogP contribution in [-0.2, 0) is 24.2 Å². The minimum Gasteiger partial charge on any atom is -0.508 e. The fourth-order valence-corrected chi connectivity index (χ4v) is 3.48. The molecule has 1 amide bonds. The number of nitrogens with one attached hydrogen (secondary N) is 1. The fraction of sp³-hybridized carbons (Fsp3) is 0.238. The molecular formula is C21H21N5O3. The van der Waals surface area contributed by atoms with Crippen LogP contribution >= 0.6 is 0 Å². The number of benzene rings is 1. The second-order valence-corrected chi connectivity index (χ2v) is 7.07. The van der Waals surface area contributed by atoms with E-state index in [2.05, 4.69) is 15.0 Å². The summed E-state index contributed by atoms with van der Waals surface area (Å²) in [7, 11) is 0. The molecule has 3 aromatic rings. The SMILES string of the molecule is N[C@@H](Cc1ccc(O)cc1)C(=O)N1CCc2c(nc(-c3cccnc3)[nH]c2=O)C1. The van der Waals surface area contributed by atoms with Crippen LogP contribution in [0.3, 0.4) is 0 Å². The number of phenolic OH excluding ortho intramolecular Hbond substituents is 1. The zero-order chi connectivity index (χ0) is 20.4. The number of fused-ring (bicyclic) bond motifs is 1. The highest BCUT2D eigenvalue weighted by Gasteiger charge is 2.27. The van der Waals surface area contributed by atoms with Crippen molar-refractivity contribution < 1.29 is 9.90 Å². The lowest BCUT2D eigenvalue weighted by Gasteiger charge is -2.30. The summed E-state index contributed by atoms with van der Waals surface area (Å²) in [6.45, 7) is 0.667. The summed E-state index contributed by atoms with van der Waals surface area (Å²) in [4.78, 5) is 38.4. The number of phenols is 1. The number of rotatable bonds is 4. The van der Waals surface area contributed by atoms with Gasteiger partial charge in [-0.05, 0) is 42.7 Å². The Hall–Kier alpha value is -3.52. The van der Waals surface area contributed by atoms with E-state index in [1.54, 1.807) is 47.6 Å². The van der Waals surface area contributed by atoms with E-state index in [0.717, 1.165) is 5.56 Å². The largest absolute Gasteiger partial charge is 0.508 e. The molecule has 3 heterocycles. The number of nitrogens with zero attached hydrogens (tertiary/aromatic N) is 3. The topological polar surface area (TPSA) is 125 Å². The van der Waals surface area contributed by atoms with E-state index in [9.17, 15) is 14.7 Å². The number of aromatic amines is 1. The molecule has 0 unspecified atom stereocenters. The molecule has 1 atom stereocenters. The predicted molar refractivity (Wildman–Crippen MR) is 107 cm³/mol. The van der Waals surface area contributed by atoms with Gasteiger partial charge >= 0.3 is 0 Å². The Morgan fingerprint density at radius 2 is 2.07 bits per heavy atom. The molecule has 0 fully saturated rings. The summed E-state index contributed by atoms with van der Waals surface area (Å²) in [5.74, 6) is 0.417. The summed E-state index contributed by atoms with van der Waals surface area (Å²) in [5, 5.41) is 9.38. The number of nitrogens with two attached hydrogens (primary N) is 1. The number of H-pyrrole nitrogens is 1. The van der Waals surface area contributed by atoms with Gasteiger partial charge in [-0.25, -0.2) is 4.98 Å². The molecule has 0 aliphatic carbocycles. The van der Waals surface area contributed by atoms with E-state index in [0.29, 0.717) is 42.0 Å². The third-order valence-corrected chi connectivity index (χ3v) is 5.03. The molecule has 1 aliphatic rings. The van der Waals surface area contributed by atoms with Gasteiger partial charge in [-0.1, -0.05) is 12.1 Å². The van der Waals surface area contributed by atoms with Gasteiger partial charge in [0.1, 0.15) is 11.6 Å². The van der Waals surface area contributed by atoms with Gasteiger partial charge in [0.2, 0.25) is 5.91 Å². The van der Waals surface area contributed by atoms with Crippen molar-refractivity contribution in [1.29, 1.82) is 0 Å². The van der Waals surface area contributed by atoms with Crippen LogP contribution in [0.1, 0.15) is 16.8 Å². The second-order valence-electron chi connectivity index (χ2n) is 7.07. The Morgan fingerprint density at radius 1 is 1.28 bits per heavy atom. The molecule has 0 saturated heterocycles. The number of hydrogen-bond donors (Lipinski definition) is 3. The number of hydrogen-bond acceptors (Lipinski definition) is 6. The minimum absolute atomic E-state index is 0.169. The molecule has 1 aromatic carbocycles. The van der Waals surface area contributed by atoms with Crippen LogP contribution in [0.25, 0.3) is 11.4 Å². The molecule has 148 valence electrons. The normalized spacial score (nSPS) is 14.3. The lowest BCUT2D eigenvalue weighted by Crippen LogP contribution is -2.47. The van der Waals surface area contributed by atoms with Crippen molar-refractivity contribution in [2.24, 2.45) is 5.73 Å². The molecule has 8 nitrogen and oxygen atoms in total. The summed E-state index contributed by atoms with van der Waals surface area (Å²) >= 11 is 0. The standard InChI is InChI=1S/C21H21N5O3/c22-17(10-13-3-5-15(27)6-4-13)21(29)26-9-7-16-18(12-26)24-19(25-20(16)28)14-2-1-8-23-11-14/h1-6,8,11,17,27H,7,9-10,12,22H2,(H,24,25,28)/t17-/m0/s1. The molecule has 0 radical (unpaired) electrons. The van der Waals surface area contributed by atoms with E-state index in [1.807, 2.05) is 6.07 Å². The first kappa shape index (κ1) is 18.8. The first-order valence-electron chi connectivity index (χ1n) is 9.36. The molecule has 2 aromatic heterocycles. The minimum atomic E-state index is -0.708. The van der Waals surface area contributed by atoms with Crippen LogP contribution in [0.4, 0.5) is 0 Å². The molecule has 1 aliphatic heterocycles. The van der Waals surface area contributed by atoms with E-state index >= 15 is 0 Å². The zero-order valence-corrected chi connectivity index (χ0v) is 15.7. The first-order valence-corrected chi connectivity index (χ1v) is 9.36. The van der Waals surface area contributed by atoms with Gasteiger partial charge < -0.3 is 20.7 Å². The van der Waals surface area contributed by atoms with Crippen LogP contribution in [-0.4, -0.2) is 43.5 Å². The maximum absolute atomic E-state index is 12.8. The Balaban J connectivity index is 1.52. The summed E-state index contributed by atoms with van der Waals surface area (Å²) in [6, 6.07) is 9.51. The van der Waals surface area contributed by atoms with Crippen molar-refractivity contribution in [3.05, 3.63) is 76.0 Å². The molecular weight excluding hydrogens is 370 g/mol. The molecule has 0 spiro atoms. The maximum atomic E-state index is 12.8. The zero-order valence-electron chi connectivity index (χ0n) is 15.7. The van der Waals surface area contributed by atoms with Crippen LogP contribution in [0.2, 0.25) is 0 Å². The number of amides is 1. The number of carbonyl (C=O) groups excluding carboxylic acids is 1. The molecule has 0 bridgehead atoms. The van der Waals surface area contributed by atoms with Gasteiger partial charge in [-0.15, -0.1) is 0 Å². The lowest BCUT2D eigenvalue weighted by atomic mass is 10.0. The van der Waals surface area contributed by atoms with Crippen molar-refractivity contribution in [1.82, 2.24) is 19.9 Å². The molecule has 29 heavy (non-hydrogen) atoms. The highest BCUT2D eigenvalue weighted by molar-refractivity contribution is 5.82. The smallest absolute Gasteiger partial charge is 0.254 e. The van der Waals surface area contributed by atoms with Gasteiger partial charge in [0.25, 0.3) is 5.56 Å². The van der Waals surface area contributed by atoms with Gasteiger partial charge in [-0.3, -0.25) is 14.6 Å². The van der Waals surface area contributed by atoms with Crippen molar-refractivity contribution in [2.75, 3.05) is 6.54 Å². The quantitative estimate of drug-likeness (QED) is 0.609. The molecule has 8 heteroatoms. The van der Waals surface area contributed by atoms with E-state index in [-0.39, 0.29) is 23.8 Å². The average Bonchev–Trinajstić information content (AvgIpc) is 2.75. The summed E-state index contributed by atoms with van der Waals surface area (Å²) < 4.78 is 0. The van der Waals surface area contributed by atoms with E-state index in [1.165, 1.54) is 0 Å². The Kier molecular flexibility index (Phi) is 5.09. The first-order chi connectivity index (χ1) is 14.0. The highest BCUT2D eigenvalue weighted by Crippen LogP contribution is 2.19. The molecule has 0 saturated carbocycles. The number of carbonyl (C=O) groups is 1. The van der Waals surface area contributed by atoms with Crippen LogP contribution in [0, 0.1) is 0 Å². The third-order valence-electron chi connectivity index (χ3n) is 5.03. The van der Waals surface area contributed by atoms with E-state index in [4.69, 9.17) is 5.73 Å². The lowest BCUT2D eigenvalue weighted by molar-refractivity contribution is -0.133. The average molecular weight is 391 g/mol. The van der Waals surface area contributed by atoms with Gasteiger partial charge in [0, 0.05) is 30.1 Å². The molecule has 4 rings (SSSR count). The highest BCUT2D eigenvalue weighted by atomic mass is 16.3. The van der Waals surface area contributed by atoms with Crippen LogP contribution < -0.4 is 11.3 Å². The van der Waals surface area contributed by atoms with Gasteiger partial charge in [0.05, 0.1) is 18.3 Å². The van der Waals surface area contributed by atoms with Crippen molar-refractivity contribution in [3.8, 4) is 17.1 Å². The molecule has 4 N–H and O–H groups in total. The van der Waals surface area contributed by atoms with E-state index < -0.39 is 6.04 Å².